The first-order valence-corrected chi connectivity index (χ1v) is 8.95. The normalized spacial score (nSPS) is 26.7. The van der Waals surface area contributed by atoms with E-state index in [9.17, 15) is 8.42 Å². The summed E-state index contributed by atoms with van der Waals surface area (Å²) < 4.78 is 32.2. The van der Waals surface area contributed by atoms with Crippen molar-refractivity contribution in [1.29, 1.82) is 0 Å². The fourth-order valence-corrected chi connectivity index (χ4v) is 4.88. The van der Waals surface area contributed by atoms with Gasteiger partial charge in [-0.2, -0.15) is 0 Å². The van der Waals surface area contributed by atoms with Gasteiger partial charge in [0.15, 0.2) is 0 Å². The van der Waals surface area contributed by atoms with E-state index >= 15 is 0 Å². The fourth-order valence-electron chi connectivity index (χ4n) is 2.92. The summed E-state index contributed by atoms with van der Waals surface area (Å²) in [4.78, 5) is 0. The Balaban J connectivity index is 1.98. The number of likely N-dealkylation sites (N-methyl/N-ethyl adjacent to an activating group) is 1. The van der Waals surface area contributed by atoms with Crippen molar-refractivity contribution in [3.8, 4) is 0 Å². The van der Waals surface area contributed by atoms with Crippen molar-refractivity contribution in [1.82, 2.24) is 9.62 Å². The molecule has 0 aromatic rings. The zero-order valence-corrected chi connectivity index (χ0v) is 12.6. The summed E-state index contributed by atoms with van der Waals surface area (Å²) in [5.74, 6) is 0. The minimum absolute atomic E-state index is 0.246. The van der Waals surface area contributed by atoms with Crippen LogP contribution < -0.4 is 5.32 Å². The van der Waals surface area contributed by atoms with E-state index in [4.69, 9.17) is 4.74 Å². The average Bonchev–Trinajstić information content (AvgIpc) is 2.46. The van der Waals surface area contributed by atoms with E-state index in [2.05, 4.69) is 5.32 Å². The number of ether oxygens (including phenoxy) is 1. The highest BCUT2D eigenvalue weighted by atomic mass is 32.2. The molecule has 0 aromatic heterocycles. The Labute approximate surface area is 116 Å². The molecule has 5 nitrogen and oxygen atoms in total. The van der Waals surface area contributed by atoms with Crippen LogP contribution in [0.15, 0.2) is 0 Å². The average molecular weight is 290 g/mol. The van der Waals surface area contributed by atoms with Gasteiger partial charge >= 0.3 is 0 Å². The van der Waals surface area contributed by atoms with Gasteiger partial charge in [-0.3, -0.25) is 0 Å². The van der Waals surface area contributed by atoms with Gasteiger partial charge in [0.2, 0.25) is 10.0 Å². The van der Waals surface area contributed by atoms with Crippen molar-refractivity contribution in [3.63, 3.8) is 0 Å². The second kappa shape index (κ2) is 7.02. The van der Waals surface area contributed by atoms with Gasteiger partial charge in [-0.05, 0) is 32.2 Å². The number of hydrogen-bond donors (Lipinski definition) is 1. The maximum Gasteiger partial charge on any atom is 0.217 e. The summed E-state index contributed by atoms with van der Waals surface area (Å²) in [5.41, 5.74) is 0. The second-order valence-electron chi connectivity index (χ2n) is 5.45. The number of piperidine rings is 1. The van der Waals surface area contributed by atoms with Crippen molar-refractivity contribution in [2.45, 2.75) is 50.3 Å². The van der Waals surface area contributed by atoms with Gasteiger partial charge in [0, 0.05) is 32.3 Å². The van der Waals surface area contributed by atoms with E-state index < -0.39 is 10.0 Å². The Bertz CT molecular complexity index is 360. The molecule has 0 bridgehead atoms. The van der Waals surface area contributed by atoms with Crippen LogP contribution in [0.5, 0.6) is 0 Å². The monoisotopic (exact) mass is 290 g/mol. The molecule has 19 heavy (non-hydrogen) atoms. The van der Waals surface area contributed by atoms with Crippen LogP contribution >= 0.6 is 0 Å². The molecule has 1 unspecified atom stereocenters. The molecular weight excluding hydrogens is 264 g/mol. The minimum Gasteiger partial charge on any atom is -0.381 e. The topological polar surface area (TPSA) is 58.6 Å². The van der Waals surface area contributed by atoms with E-state index in [1.807, 2.05) is 6.92 Å². The summed E-state index contributed by atoms with van der Waals surface area (Å²) in [6.45, 7) is 5.28. The Morgan fingerprint density at radius 3 is 2.53 bits per heavy atom. The second-order valence-corrected chi connectivity index (χ2v) is 7.67. The van der Waals surface area contributed by atoms with Crippen LogP contribution in [-0.2, 0) is 14.8 Å². The largest absolute Gasteiger partial charge is 0.381 e. The van der Waals surface area contributed by atoms with Gasteiger partial charge in [-0.25, -0.2) is 12.7 Å². The van der Waals surface area contributed by atoms with Crippen molar-refractivity contribution < 1.29 is 13.2 Å². The highest BCUT2D eigenvalue weighted by Gasteiger charge is 2.33. The Hall–Kier alpha value is -0.170. The van der Waals surface area contributed by atoms with Gasteiger partial charge in [0.1, 0.15) is 0 Å². The maximum absolute atomic E-state index is 12.6. The lowest BCUT2D eigenvalue weighted by atomic mass is 10.1. The Morgan fingerprint density at radius 1 is 1.21 bits per heavy atom. The predicted octanol–water partition coefficient (Wildman–Crippen LogP) is 0.959. The summed E-state index contributed by atoms with van der Waals surface area (Å²) in [7, 11) is -3.16. The van der Waals surface area contributed by atoms with Crippen LogP contribution in [0.4, 0.5) is 0 Å². The predicted molar refractivity (Wildman–Crippen MR) is 75.6 cm³/mol. The third-order valence-corrected chi connectivity index (χ3v) is 6.58. The number of hydrogen-bond acceptors (Lipinski definition) is 4. The Kier molecular flexibility index (Phi) is 5.62. The molecule has 0 aromatic carbocycles. The number of nitrogens with zero attached hydrogens (tertiary/aromatic N) is 1. The molecule has 2 aliphatic heterocycles. The van der Waals surface area contributed by atoms with E-state index in [1.54, 1.807) is 4.31 Å². The Morgan fingerprint density at radius 2 is 1.95 bits per heavy atom. The minimum atomic E-state index is -3.16. The highest BCUT2D eigenvalue weighted by molar-refractivity contribution is 7.89. The molecule has 1 atom stereocenters. The lowest BCUT2D eigenvalue weighted by Gasteiger charge is -2.33. The van der Waals surface area contributed by atoms with E-state index in [0.29, 0.717) is 45.2 Å². The third kappa shape index (κ3) is 3.90. The van der Waals surface area contributed by atoms with Crippen LogP contribution in [0.25, 0.3) is 0 Å². The van der Waals surface area contributed by atoms with E-state index in [-0.39, 0.29) is 5.25 Å². The first kappa shape index (κ1) is 15.2. The van der Waals surface area contributed by atoms with Gasteiger partial charge < -0.3 is 10.1 Å². The number of rotatable bonds is 5. The summed E-state index contributed by atoms with van der Waals surface area (Å²) in [6, 6.07) is 0.323. The zero-order chi connectivity index (χ0) is 13.7. The first-order chi connectivity index (χ1) is 9.14. The molecule has 2 rings (SSSR count). The summed E-state index contributed by atoms with van der Waals surface area (Å²) in [6.07, 6.45) is 4.76. The molecule has 2 aliphatic rings. The number of sulfonamides is 1. The molecule has 0 amide bonds. The lowest BCUT2D eigenvalue weighted by Crippen LogP contribution is -2.49. The molecule has 0 saturated carbocycles. The van der Waals surface area contributed by atoms with Crippen molar-refractivity contribution >= 4 is 10.0 Å². The zero-order valence-electron chi connectivity index (χ0n) is 11.8. The maximum atomic E-state index is 12.6. The molecule has 2 saturated heterocycles. The summed E-state index contributed by atoms with van der Waals surface area (Å²) in [5, 5.41) is 3.18. The molecule has 112 valence electrons. The molecular formula is C13H26N2O3S. The molecule has 0 spiro atoms. The van der Waals surface area contributed by atoms with Gasteiger partial charge in [-0.1, -0.05) is 13.3 Å². The van der Waals surface area contributed by atoms with Crippen LogP contribution in [0.3, 0.4) is 0 Å². The lowest BCUT2D eigenvalue weighted by molar-refractivity contribution is 0.0971. The fraction of sp³-hybridized carbons (Fsp3) is 1.00. The molecule has 0 radical (unpaired) electrons. The molecule has 6 heteroatoms. The standard InChI is InChI=1S/C13H26N2O3S/c1-2-15(11-12-5-3-4-8-14-12)19(16,17)13-6-9-18-10-7-13/h12-14H,2-11H2,1H3. The quantitative estimate of drug-likeness (QED) is 0.819. The molecule has 0 aliphatic carbocycles. The van der Waals surface area contributed by atoms with Crippen LogP contribution in [0.1, 0.15) is 39.0 Å². The first-order valence-electron chi connectivity index (χ1n) is 7.44. The van der Waals surface area contributed by atoms with E-state index in [1.165, 1.54) is 12.8 Å². The molecule has 2 fully saturated rings. The van der Waals surface area contributed by atoms with Gasteiger partial charge in [0.05, 0.1) is 5.25 Å². The van der Waals surface area contributed by atoms with Crippen molar-refractivity contribution in [2.75, 3.05) is 32.8 Å². The van der Waals surface area contributed by atoms with Crippen LogP contribution in [0.2, 0.25) is 0 Å². The van der Waals surface area contributed by atoms with Crippen LogP contribution in [0, 0.1) is 0 Å². The molecule has 2 heterocycles. The van der Waals surface area contributed by atoms with Crippen molar-refractivity contribution in [3.05, 3.63) is 0 Å². The van der Waals surface area contributed by atoms with E-state index in [0.717, 1.165) is 13.0 Å². The van der Waals surface area contributed by atoms with Crippen LogP contribution in [-0.4, -0.2) is 56.9 Å². The third-order valence-electron chi connectivity index (χ3n) is 4.14. The highest BCUT2D eigenvalue weighted by Crippen LogP contribution is 2.21. The number of nitrogens with one attached hydrogen (secondary N) is 1. The van der Waals surface area contributed by atoms with Gasteiger partial charge in [0.25, 0.3) is 0 Å². The molecule has 1 N–H and O–H groups in total. The van der Waals surface area contributed by atoms with Gasteiger partial charge in [-0.15, -0.1) is 0 Å². The SMILES string of the molecule is CCN(CC1CCCCN1)S(=O)(=O)C1CCOCC1. The summed E-state index contributed by atoms with van der Waals surface area (Å²) >= 11 is 0. The van der Waals surface area contributed by atoms with Crippen molar-refractivity contribution in [2.24, 2.45) is 0 Å². The smallest absolute Gasteiger partial charge is 0.217 e.